The van der Waals surface area contributed by atoms with E-state index in [-0.39, 0.29) is 11.1 Å². The summed E-state index contributed by atoms with van der Waals surface area (Å²) in [6.45, 7) is 1.90. The Morgan fingerprint density at radius 3 is 2.68 bits per heavy atom. The lowest BCUT2D eigenvalue weighted by atomic mass is 10.0. The monoisotopic (exact) mass is 296 g/mol. The van der Waals surface area contributed by atoms with E-state index in [2.05, 4.69) is 9.97 Å². The van der Waals surface area contributed by atoms with Gasteiger partial charge in [-0.1, -0.05) is 24.3 Å². The summed E-state index contributed by atoms with van der Waals surface area (Å²) in [7, 11) is 0. The predicted molar refractivity (Wildman–Crippen MR) is 81.1 cm³/mol. The number of carboxylic acids is 1. The maximum atomic E-state index is 13.9. The van der Waals surface area contributed by atoms with Crippen LogP contribution in [0.2, 0.25) is 0 Å². The molecule has 0 fully saturated rings. The Morgan fingerprint density at radius 2 is 2.00 bits per heavy atom. The van der Waals surface area contributed by atoms with Crippen molar-refractivity contribution in [1.82, 2.24) is 9.97 Å². The Morgan fingerprint density at radius 1 is 1.23 bits per heavy atom. The van der Waals surface area contributed by atoms with Crippen LogP contribution in [0.3, 0.4) is 0 Å². The number of aromatic amines is 1. The number of aryl methyl sites for hydroxylation is 1. The van der Waals surface area contributed by atoms with Crippen molar-refractivity contribution in [2.75, 3.05) is 0 Å². The maximum Gasteiger partial charge on any atom is 0.337 e. The van der Waals surface area contributed by atoms with Crippen molar-refractivity contribution in [2.45, 2.75) is 6.92 Å². The number of nitrogens with one attached hydrogen (secondary N) is 1. The molecule has 0 unspecified atom stereocenters. The molecule has 1 aromatic carbocycles. The summed E-state index contributed by atoms with van der Waals surface area (Å²) < 4.78 is 13.9. The summed E-state index contributed by atoms with van der Waals surface area (Å²) in [6, 6.07) is 10.4. The van der Waals surface area contributed by atoms with Gasteiger partial charge in [0.05, 0.1) is 17.5 Å². The molecular formula is C17H13FN2O2. The highest BCUT2D eigenvalue weighted by atomic mass is 19.1. The summed E-state index contributed by atoms with van der Waals surface area (Å²) in [5.74, 6) is -1.56. The molecular weight excluding hydrogens is 283 g/mol. The Balaban J connectivity index is 2.22. The van der Waals surface area contributed by atoms with E-state index in [9.17, 15) is 14.3 Å². The van der Waals surface area contributed by atoms with Crippen LogP contribution in [0.5, 0.6) is 0 Å². The van der Waals surface area contributed by atoms with Crippen LogP contribution in [-0.2, 0) is 0 Å². The van der Waals surface area contributed by atoms with Crippen molar-refractivity contribution in [3.05, 3.63) is 65.7 Å². The van der Waals surface area contributed by atoms with Crippen LogP contribution in [0.4, 0.5) is 4.39 Å². The molecule has 0 aliphatic rings. The van der Waals surface area contributed by atoms with E-state index >= 15 is 0 Å². The summed E-state index contributed by atoms with van der Waals surface area (Å²) in [6.07, 6.45) is 2.57. The van der Waals surface area contributed by atoms with Crippen molar-refractivity contribution >= 4 is 5.97 Å². The Bertz CT molecular complexity index is 855. The van der Waals surface area contributed by atoms with Gasteiger partial charge in [0.15, 0.2) is 5.82 Å². The van der Waals surface area contributed by atoms with E-state index in [0.717, 1.165) is 17.3 Å². The molecule has 2 heterocycles. The normalized spacial score (nSPS) is 10.6. The molecule has 4 nitrogen and oxygen atoms in total. The van der Waals surface area contributed by atoms with Crippen molar-refractivity contribution in [3.63, 3.8) is 0 Å². The fourth-order valence-corrected chi connectivity index (χ4v) is 2.43. The van der Waals surface area contributed by atoms with Gasteiger partial charge in [-0.15, -0.1) is 0 Å². The maximum absolute atomic E-state index is 13.9. The third-order valence-electron chi connectivity index (χ3n) is 3.53. The second kappa shape index (κ2) is 5.44. The van der Waals surface area contributed by atoms with Crippen LogP contribution in [0, 0.1) is 12.7 Å². The van der Waals surface area contributed by atoms with Crippen LogP contribution < -0.4 is 0 Å². The molecule has 110 valence electrons. The molecule has 0 saturated carbocycles. The average molecular weight is 296 g/mol. The number of hydrogen-bond acceptors (Lipinski definition) is 2. The summed E-state index contributed by atoms with van der Waals surface area (Å²) >= 11 is 0. The number of rotatable bonds is 3. The van der Waals surface area contributed by atoms with Gasteiger partial charge in [-0.2, -0.15) is 0 Å². The van der Waals surface area contributed by atoms with Gasteiger partial charge in [0.2, 0.25) is 0 Å². The zero-order valence-electron chi connectivity index (χ0n) is 11.8. The van der Waals surface area contributed by atoms with Crippen molar-refractivity contribution in [1.29, 1.82) is 0 Å². The van der Waals surface area contributed by atoms with E-state index in [1.165, 1.54) is 18.3 Å². The number of benzene rings is 1. The lowest BCUT2D eigenvalue weighted by Gasteiger charge is -2.05. The van der Waals surface area contributed by atoms with Crippen molar-refractivity contribution in [2.24, 2.45) is 0 Å². The average Bonchev–Trinajstić information content (AvgIpc) is 2.93. The van der Waals surface area contributed by atoms with Gasteiger partial charge in [-0.25, -0.2) is 9.18 Å². The molecule has 5 heteroatoms. The van der Waals surface area contributed by atoms with Gasteiger partial charge in [0.25, 0.3) is 0 Å². The molecule has 0 saturated heterocycles. The molecule has 0 spiro atoms. The fourth-order valence-electron chi connectivity index (χ4n) is 2.43. The third-order valence-corrected chi connectivity index (χ3v) is 3.53. The number of pyridine rings is 1. The van der Waals surface area contributed by atoms with E-state index in [4.69, 9.17) is 0 Å². The van der Waals surface area contributed by atoms with Crippen LogP contribution >= 0.6 is 0 Å². The number of aromatic carboxylic acids is 1. The number of carboxylic acid groups (broad SMARTS) is 1. The van der Waals surface area contributed by atoms with Gasteiger partial charge in [0.1, 0.15) is 0 Å². The number of hydrogen-bond donors (Lipinski definition) is 2. The number of nitrogens with zero attached hydrogens (tertiary/aromatic N) is 1. The molecule has 2 aromatic heterocycles. The molecule has 0 atom stereocenters. The third kappa shape index (κ3) is 2.37. The quantitative estimate of drug-likeness (QED) is 0.770. The smallest absolute Gasteiger partial charge is 0.337 e. The minimum Gasteiger partial charge on any atom is -0.478 e. The zero-order chi connectivity index (χ0) is 15.7. The topological polar surface area (TPSA) is 66.0 Å². The highest BCUT2D eigenvalue weighted by Gasteiger charge is 2.19. The van der Waals surface area contributed by atoms with Gasteiger partial charge >= 0.3 is 5.97 Å². The molecule has 0 aliphatic heterocycles. The van der Waals surface area contributed by atoms with Crippen LogP contribution in [0.25, 0.3) is 22.5 Å². The van der Waals surface area contributed by atoms with Crippen molar-refractivity contribution < 1.29 is 14.3 Å². The van der Waals surface area contributed by atoms with E-state index in [0.29, 0.717) is 11.4 Å². The summed E-state index contributed by atoms with van der Waals surface area (Å²) in [4.78, 5) is 18.2. The first-order valence-electron chi connectivity index (χ1n) is 6.70. The van der Waals surface area contributed by atoms with Gasteiger partial charge in [0, 0.05) is 23.0 Å². The van der Waals surface area contributed by atoms with Crippen LogP contribution in [-0.4, -0.2) is 21.0 Å². The molecule has 0 bridgehead atoms. The highest BCUT2D eigenvalue weighted by Crippen LogP contribution is 2.31. The number of H-pyrrole nitrogens is 1. The van der Waals surface area contributed by atoms with Crippen molar-refractivity contribution in [3.8, 4) is 22.5 Å². The number of halogens is 1. The second-order valence-corrected chi connectivity index (χ2v) is 4.95. The molecule has 3 rings (SSSR count). The fraction of sp³-hybridized carbons (Fsp3) is 0.0588. The SMILES string of the molecule is Cc1ccccc1-c1[nH]c(-c2ccncc2F)cc1C(=O)O. The standard InChI is InChI=1S/C17H13FN2O2/c1-10-4-2-3-5-11(10)16-13(17(21)22)8-15(20-16)12-6-7-19-9-14(12)18/h2-9,20H,1H3,(H,21,22). The first-order chi connectivity index (χ1) is 10.6. The lowest BCUT2D eigenvalue weighted by Crippen LogP contribution is -1.97. The number of aromatic nitrogens is 2. The Labute approximate surface area is 126 Å². The molecule has 0 amide bonds. The predicted octanol–water partition coefficient (Wildman–Crippen LogP) is 3.89. The van der Waals surface area contributed by atoms with Gasteiger partial charge < -0.3 is 10.1 Å². The molecule has 3 aromatic rings. The van der Waals surface area contributed by atoms with E-state index in [1.807, 2.05) is 31.2 Å². The molecule has 22 heavy (non-hydrogen) atoms. The first kappa shape index (κ1) is 14.0. The minimum atomic E-state index is -1.06. The van der Waals surface area contributed by atoms with Gasteiger partial charge in [-0.05, 0) is 24.6 Å². The van der Waals surface area contributed by atoms with Gasteiger partial charge in [-0.3, -0.25) is 4.98 Å². The first-order valence-corrected chi connectivity index (χ1v) is 6.70. The Kier molecular flexibility index (Phi) is 3.47. The molecule has 0 aliphatic carbocycles. The largest absolute Gasteiger partial charge is 0.478 e. The molecule has 0 radical (unpaired) electrons. The summed E-state index contributed by atoms with van der Waals surface area (Å²) in [5.41, 5.74) is 3.00. The Hall–Kier alpha value is -2.95. The second-order valence-electron chi connectivity index (χ2n) is 4.95. The van der Waals surface area contributed by atoms with E-state index < -0.39 is 11.8 Å². The zero-order valence-corrected chi connectivity index (χ0v) is 11.8. The minimum absolute atomic E-state index is 0.112. The van der Waals surface area contributed by atoms with Crippen LogP contribution in [0.1, 0.15) is 15.9 Å². The lowest BCUT2D eigenvalue weighted by molar-refractivity contribution is 0.0698. The van der Waals surface area contributed by atoms with E-state index in [1.54, 1.807) is 0 Å². The number of carbonyl (C=O) groups is 1. The highest BCUT2D eigenvalue weighted by molar-refractivity contribution is 5.97. The molecule has 2 N–H and O–H groups in total. The van der Waals surface area contributed by atoms with Crippen LogP contribution in [0.15, 0.2) is 48.8 Å². The summed E-state index contributed by atoms with van der Waals surface area (Å²) in [5, 5.41) is 9.42.